The summed E-state index contributed by atoms with van der Waals surface area (Å²) in [5.74, 6) is 1.91. The molecule has 1 amide bonds. The maximum atomic E-state index is 11.9. The Morgan fingerprint density at radius 1 is 1.22 bits per heavy atom. The number of amides is 1. The highest BCUT2D eigenvalue weighted by Gasteiger charge is 2.17. The van der Waals surface area contributed by atoms with Crippen LogP contribution in [0.25, 0.3) is 17.0 Å². The first-order chi connectivity index (χ1) is 17.5. The van der Waals surface area contributed by atoms with Gasteiger partial charge in [-0.2, -0.15) is 4.37 Å². The number of hydrogen-bond acceptors (Lipinski definition) is 7. The quantitative estimate of drug-likeness (QED) is 0.280. The molecule has 1 aliphatic heterocycles. The topological polar surface area (TPSA) is 71.5 Å². The van der Waals surface area contributed by atoms with E-state index in [0.717, 1.165) is 59.6 Å². The molecule has 0 spiro atoms. The molecule has 0 N–H and O–H groups in total. The predicted molar refractivity (Wildman–Crippen MR) is 144 cm³/mol. The van der Waals surface area contributed by atoms with Gasteiger partial charge in [0.15, 0.2) is 11.6 Å². The van der Waals surface area contributed by atoms with E-state index in [1.165, 1.54) is 11.5 Å². The van der Waals surface area contributed by atoms with Crippen LogP contribution in [0.15, 0.2) is 61.1 Å². The number of allylic oxidation sites excluding steroid dienone is 3. The maximum Gasteiger partial charge on any atom is 0.213 e. The standard InChI is InChI=1S/C28H33N5O2S/c1-4-6-25(27-13-21(2)31-36-27)18-33(20-34)17-23-7-5-8-24(14-23)28-29-15-26(16-30-28)35-19-22-9-11-32(3)12-10-22/h4-8,13-16,18,20,22H,9-12,17,19H2,1-3H3/b6-4-,25-18+. The van der Waals surface area contributed by atoms with Crippen molar-refractivity contribution in [2.75, 3.05) is 26.7 Å². The number of aryl methyl sites for hydroxylation is 1. The molecule has 0 unspecified atom stereocenters. The first kappa shape index (κ1) is 25.7. The summed E-state index contributed by atoms with van der Waals surface area (Å²) in [5, 5.41) is 0. The van der Waals surface area contributed by atoms with Crippen molar-refractivity contribution < 1.29 is 9.53 Å². The number of carbonyl (C=O) groups excluding carboxylic acids is 1. The zero-order chi connectivity index (χ0) is 25.3. The Balaban J connectivity index is 1.41. The van der Waals surface area contributed by atoms with Crippen molar-refractivity contribution in [2.45, 2.75) is 33.2 Å². The van der Waals surface area contributed by atoms with Crippen molar-refractivity contribution in [3.8, 4) is 17.1 Å². The van der Waals surface area contributed by atoms with Gasteiger partial charge in [0.1, 0.15) is 0 Å². The van der Waals surface area contributed by atoms with Gasteiger partial charge in [-0.3, -0.25) is 4.79 Å². The minimum absolute atomic E-state index is 0.438. The van der Waals surface area contributed by atoms with Crippen LogP contribution in [0, 0.1) is 12.8 Å². The SMILES string of the molecule is C/C=C\C(=C/N(C=O)Cc1cccc(-c2ncc(OCC3CCN(C)CC3)cn2)c1)c1cc(C)ns1. The number of benzene rings is 1. The summed E-state index contributed by atoms with van der Waals surface area (Å²) in [6, 6.07) is 9.98. The Morgan fingerprint density at radius 2 is 2.00 bits per heavy atom. The molecule has 3 heterocycles. The van der Waals surface area contributed by atoms with E-state index >= 15 is 0 Å². The minimum atomic E-state index is 0.438. The average Bonchev–Trinajstić information content (AvgIpc) is 3.34. The van der Waals surface area contributed by atoms with Crippen molar-refractivity contribution in [1.82, 2.24) is 24.1 Å². The fraction of sp³-hybridized carbons (Fsp3) is 0.357. The molecule has 0 radical (unpaired) electrons. The van der Waals surface area contributed by atoms with Gasteiger partial charge >= 0.3 is 0 Å². The summed E-state index contributed by atoms with van der Waals surface area (Å²) in [6.07, 6.45) is 12.5. The normalized spacial score (nSPS) is 15.4. The molecule has 7 nitrogen and oxygen atoms in total. The van der Waals surface area contributed by atoms with Crippen molar-refractivity contribution in [2.24, 2.45) is 5.92 Å². The lowest BCUT2D eigenvalue weighted by Crippen LogP contribution is -2.32. The van der Waals surface area contributed by atoms with Gasteiger partial charge in [0.25, 0.3) is 0 Å². The van der Waals surface area contributed by atoms with Crippen LogP contribution in [0.2, 0.25) is 0 Å². The van der Waals surface area contributed by atoms with Crippen LogP contribution in [-0.4, -0.2) is 57.3 Å². The van der Waals surface area contributed by atoms with E-state index in [1.54, 1.807) is 17.3 Å². The first-order valence-electron chi connectivity index (χ1n) is 12.3. The minimum Gasteiger partial charge on any atom is -0.490 e. The Kier molecular flexibility index (Phi) is 8.97. The van der Waals surface area contributed by atoms with Gasteiger partial charge in [-0.05, 0) is 82.0 Å². The van der Waals surface area contributed by atoms with Gasteiger partial charge in [0, 0.05) is 17.3 Å². The van der Waals surface area contributed by atoms with Gasteiger partial charge in [0.05, 0.1) is 36.1 Å². The molecule has 0 bridgehead atoms. The van der Waals surface area contributed by atoms with Crippen LogP contribution in [0.3, 0.4) is 0 Å². The van der Waals surface area contributed by atoms with Gasteiger partial charge in [-0.15, -0.1) is 0 Å². The Hall–Kier alpha value is -3.36. The molecule has 0 aliphatic carbocycles. The average molecular weight is 504 g/mol. The number of rotatable bonds is 10. The number of hydrogen-bond donors (Lipinski definition) is 0. The van der Waals surface area contributed by atoms with Crippen molar-refractivity contribution in [3.63, 3.8) is 0 Å². The predicted octanol–water partition coefficient (Wildman–Crippen LogP) is 5.20. The number of likely N-dealkylation sites (tertiary alicyclic amines) is 1. The second kappa shape index (κ2) is 12.6. The highest BCUT2D eigenvalue weighted by molar-refractivity contribution is 7.07. The third kappa shape index (κ3) is 7.08. The molecule has 0 atom stereocenters. The lowest BCUT2D eigenvalue weighted by molar-refractivity contribution is -0.116. The molecular formula is C28H33N5O2S. The first-order valence-corrected chi connectivity index (χ1v) is 13.0. The van der Waals surface area contributed by atoms with E-state index < -0.39 is 0 Å². The molecule has 3 aromatic rings. The van der Waals surface area contributed by atoms with E-state index in [9.17, 15) is 4.79 Å². The third-order valence-corrected chi connectivity index (χ3v) is 7.13. The number of carbonyl (C=O) groups is 1. The second-order valence-corrected chi connectivity index (χ2v) is 10.0. The van der Waals surface area contributed by atoms with Crippen LogP contribution >= 0.6 is 11.5 Å². The Bertz CT molecular complexity index is 1200. The molecule has 1 saturated heterocycles. The zero-order valence-electron chi connectivity index (χ0n) is 21.1. The van der Waals surface area contributed by atoms with E-state index in [2.05, 4.69) is 26.3 Å². The maximum absolute atomic E-state index is 11.9. The van der Waals surface area contributed by atoms with Gasteiger partial charge < -0.3 is 14.5 Å². The van der Waals surface area contributed by atoms with Gasteiger partial charge in [-0.25, -0.2) is 9.97 Å². The summed E-state index contributed by atoms with van der Waals surface area (Å²) < 4.78 is 10.3. The molecule has 36 heavy (non-hydrogen) atoms. The van der Waals surface area contributed by atoms with Crippen LogP contribution < -0.4 is 4.74 Å². The molecule has 1 aliphatic rings. The monoisotopic (exact) mass is 503 g/mol. The fourth-order valence-corrected chi connectivity index (χ4v) is 4.91. The Morgan fingerprint density at radius 3 is 2.67 bits per heavy atom. The highest BCUT2D eigenvalue weighted by atomic mass is 32.1. The number of ether oxygens (including phenoxy) is 1. The van der Waals surface area contributed by atoms with Gasteiger partial charge in [-0.1, -0.05) is 30.4 Å². The molecule has 8 heteroatoms. The molecular weight excluding hydrogens is 470 g/mol. The molecule has 1 aromatic carbocycles. The molecule has 1 fully saturated rings. The van der Waals surface area contributed by atoms with Crippen LogP contribution in [-0.2, 0) is 11.3 Å². The van der Waals surface area contributed by atoms with E-state index in [-0.39, 0.29) is 0 Å². The summed E-state index contributed by atoms with van der Waals surface area (Å²) in [7, 11) is 2.16. The van der Waals surface area contributed by atoms with Gasteiger partial charge in [0.2, 0.25) is 6.41 Å². The number of aromatic nitrogens is 3. The molecule has 4 rings (SSSR count). The zero-order valence-corrected chi connectivity index (χ0v) is 21.9. The fourth-order valence-electron chi connectivity index (χ4n) is 4.16. The molecule has 0 saturated carbocycles. The number of piperidine rings is 1. The van der Waals surface area contributed by atoms with Crippen molar-refractivity contribution >= 4 is 23.5 Å². The number of nitrogens with zero attached hydrogens (tertiary/aromatic N) is 5. The van der Waals surface area contributed by atoms with Crippen LogP contribution in [0.4, 0.5) is 0 Å². The highest BCUT2D eigenvalue weighted by Crippen LogP contribution is 2.24. The van der Waals surface area contributed by atoms with Crippen molar-refractivity contribution in [1.29, 1.82) is 0 Å². The lowest BCUT2D eigenvalue weighted by atomic mass is 9.98. The molecule has 188 valence electrons. The van der Waals surface area contributed by atoms with E-state index in [4.69, 9.17) is 4.74 Å². The third-order valence-electron chi connectivity index (χ3n) is 6.20. The Labute approximate surface area is 217 Å². The van der Waals surface area contributed by atoms with Crippen LogP contribution in [0.5, 0.6) is 5.75 Å². The lowest BCUT2D eigenvalue weighted by Gasteiger charge is -2.28. The summed E-state index contributed by atoms with van der Waals surface area (Å²) in [5.41, 5.74) is 3.80. The molecule has 2 aromatic heterocycles. The van der Waals surface area contributed by atoms with E-state index in [0.29, 0.717) is 30.6 Å². The summed E-state index contributed by atoms with van der Waals surface area (Å²) in [4.78, 5) is 26.0. The smallest absolute Gasteiger partial charge is 0.213 e. The largest absolute Gasteiger partial charge is 0.490 e. The summed E-state index contributed by atoms with van der Waals surface area (Å²) in [6.45, 7) is 7.32. The van der Waals surface area contributed by atoms with E-state index in [1.807, 2.05) is 62.5 Å². The van der Waals surface area contributed by atoms with Crippen molar-refractivity contribution in [3.05, 3.63) is 77.2 Å². The summed E-state index contributed by atoms with van der Waals surface area (Å²) >= 11 is 1.43. The second-order valence-electron chi connectivity index (χ2n) is 9.20. The van der Waals surface area contributed by atoms with Crippen LogP contribution in [0.1, 0.15) is 35.9 Å².